The first kappa shape index (κ1) is 48.6. The summed E-state index contributed by atoms with van der Waals surface area (Å²) in [6.45, 7) is 7.51. The Morgan fingerprint density at radius 3 is 1.18 bits per heavy atom. The van der Waals surface area contributed by atoms with Crippen LogP contribution in [0.15, 0.2) is 189 Å². The van der Waals surface area contributed by atoms with E-state index in [0.717, 1.165) is 0 Å². The molecule has 0 bridgehead atoms. The summed E-state index contributed by atoms with van der Waals surface area (Å²) >= 11 is 0. The second-order valence-corrected chi connectivity index (χ2v) is 19.6. The first-order valence-corrected chi connectivity index (χ1v) is 25.0. The highest BCUT2D eigenvalue weighted by Crippen LogP contribution is 2.36. The van der Waals surface area contributed by atoms with Crippen LogP contribution in [-0.2, 0) is 19.7 Å². The van der Waals surface area contributed by atoms with E-state index in [-0.39, 0.29) is 31.1 Å². The minimum atomic E-state index is -4.01. The van der Waals surface area contributed by atoms with E-state index in [1.807, 2.05) is 27.7 Å². The predicted octanol–water partition coefficient (Wildman–Crippen LogP) is 12.3. The summed E-state index contributed by atoms with van der Waals surface area (Å²) in [5.74, 6) is 14.7. The number of ether oxygens (including phenoxy) is 4. The van der Waals surface area contributed by atoms with Crippen LogP contribution in [0.3, 0.4) is 0 Å². The van der Waals surface area contributed by atoms with Gasteiger partial charge in [-0.2, -0.15) is 0 Å². The van der Waals surface area contributed by atoms with E-state index >= 15 is 0 Å². The van der Waals surface area contributed by atoms with Gasteiger partial charge in [0.25, 0.3) is 0 Å². The molecular formula is C56H50O10S2. The normalized spacial score (nSPS) is 11.6. The first-order chi connectivity index (χ1) is 32.7. The number of para-hydroxylation sites is 2. The van der Waals surface area contributed by atoms with Crippen molar-refractivity contribution in [1.29, 1.82) is 0 Å². The number of aliphatic hydroxyl groups is 2. The molecule has 0 spiro atoms. The Balaban J connectivity index is 0.969. The van der Waals surface area contributed by atoms with Crippen LogP contribution in [0.4, 0.5) is 0 Å². The van der Waals surface area contributed by atoms with Gasteiger partial charge in [-0.1, -0.05) is 81.7 Å². The Kier molecular flexibility index (Phi) is 15.1. The third-order valence-electron chi connectivity index (χ3n) is 11.2. The second kappa shape index (κ2) is 21.1. The number of hydrogen-bond acceptors (Lipinski definition) is 10. The molecule has 0 unspecified atom stereocenters. The molecule has 0 saturated heterocycles. The molecule has 0 amide bonds. The van der Waals surface area contributed by atoms with Crippen molar-refractivity contribution in [2.45, 2.75) is 84.2 Å². The van der Waals surface area contributed by atoms with Crippen LogP contribution in [0.5, 0.6) is 46.0 Å². The summed E-state index contributed by atoms with van der Waals surface area (Å²) in [6.07, 6.45) is 2.01. The Hall–Kier alpha value is -7.32. The van der Waals surface area contributed by atoms with Crippen LogP contribution in [0.25, 0.3) is 0 Å². The van der Waals surface area contributed by atoms with Crippen molar-refractivity contribution in [1.82, 2.24) is 0 Å². The maximum absolute atomic E-state index is 13.9. The Labute approximate surface area is 398 Å². The third kappa shape index (κ3) is 11.8. The van der Waals surface area contributed by atoms with Crippen LogP contribution >= 0.6 is 0 Å². The highest BCUT2D eigenvalue weighted by Gasteiger charge is 2.25. The van der Waals surface area contributed by atoms with E-state index < -0.39 is 30.9 Å². The molecule has 10 nitrogen and oxygen atoms in total. The number of hydrogen-bond donors (Lipinski definition) is 2. The quantitative estimate of drug-likeness (QED) is 0.0898. The lowest BCUT2D eigenvalue weighted by molar-refractivity contribution is 0.0927. The van der Waals surface area contributed by atoms with E-state index in [0.29, 0.717) is 71.3 Å². The van der Waals surface area contributed by atoms with Gasteiger partial charge in [0.15, 0.2) is 0 Å². The Morgan fingerprint density at radius 2 is 0.750 bits per heavy atom. The molecule has 0 saturated carbocycles. The molecule has 12 heteroatoms. The molecule has 346 valence electrons. The largest absolute Gasteiger partial charge is 0.457 e. The second-order valence-electron chi connectivity index (χ2n) is 15.8. The lowest BCUT2D eigenvalue weighted by atomic mass is 9.98. The summed E-state index contributed by atoms with van der Waals surface area (Å²) in [4.78, 5) is 0.0742. The van der Waals surface area contributed by atoms with Gasteiger partial charge in [-0.15, -0.1) is 0 Å². The standard InChI is InChI=1S/C56H50O10S2/c1-5-55(57,6-2)38-36-41-20-22-47(23-21-41)65-51-16-9-11-18-53(51)67(59,60)49-32-28-45(29-33-49)63-43-24-26-44(27-25-43)64-46-30-34-50(35-31-46)68(61,62)54-19-12-10-17-52(54)66-48-15-13-14-42(40-48)37-39-56(58,7-3)8-4/h9-35,40,57-58H,5-8H2,1-4H3. The van der Waals surface area contributed by atoms with Crippen LogP contribution in [0.2, 0.25) is 0 Å². The lowest BCUT2D eigenvalue weighted by Gasteiger charge is -2.17. The topological polar surface area (TPSA) is 146 Å². The SMILES string of the molecule is CCC(O)(C#Cc1ccc(Oc2ccccc2S(=O)(=O)c2ccc(Oc3ccc(Oc4ccc(S(=O)(=O)c5ccccc5Oc5cccc(C#CC(O)(CC)CC)c5)cc4)cc3)cc2)cc1)CC. The minimum absolute atomic E-state index is 0.00406. The highest BCUT2D eigenvalue weighted by atomic mass is 32.2. The fourth-order valence-electron chi connectivity index (χ4n) is 6.72. The molecular weight excluding hydrogens is 897 g/mol. The van der Waals surface area contributed by atoms with E-state index in [4.69, 9.17) is 18.9 Å². The van der Waals surface area contributed by atoms with E-state index in [9.17, 15) is 27.0 Å². The van der Waals surface area contributed by atoms with E-state index in [1.54, 1.807) is 133 Å². The molecule has 0 aliphatic carbocycles. The molecule has 68 heavy (non-hydrogen) atoms. The third-order valence-corrected chi connectivity index (χ3v) is 14.8. The predicted molar refractivity (Wildman–Crippen MR) is 261 cm³/mol. The zero-order valence-electron chi connectivity index (χ0n) is 38.0. The number of rotatable bonds is 16. The Bertz CT molecular complexity index is 3210. The molecule has 0 heterocycles. The fraction of sp³-hybridized carbons (Fsp3) is 0.179. The summed E-state index contributed by atoms with van der Waals surface area (Å²) in [5.41, 5.74) is -0.830. The smallest absolute Gasteiger partial charge is 0.210 e. The molecule has 0 fully saturated rings. The first-order valence-electron chi connectivity index (χ1n) is 22.1. The zero-order chi connectivity index (χ0) is 48.4. The molecule has 7 rings (SSSR count). The van der Waals surface area contributed by atoms with E-state index in [1.165, 1.54) is 36.4 Å². The van der Waals surface area contributed by atoms with Gasteiger partial charge in [-0.05, 0) is 165 Å². The maximum atomic E-state index is 13.9. The summed E-state index contributed by atoms with van der Waals surface area (Å²) < 4.78 is 79.6. The van der Waals surface area contributed by atoms with Gasteiger partial charge in [0.2, 0.25) is 19.7 Å². The van der Waals surface area contributed by atoms with Crippen molar-refractivity contribution in [3.05, 3.63) is 181 Å². The van der Waals surface area contributed by atoms with Crippen molar-refractivity contribution < 1.29 is 46.0 Å². The van der Waals surface area contributed by atoms with Gasteiger partial charge in [-0.25, -0.2) is 16.8 Å². The van der Waals surface area contributed by atoms with Gasteiger partial charge in [-0.3, -0.25) is 0 Å². The molecule has 0 atom stereocenters. The van der Waals surface area contributed by atoms with Crippen LogP contribution in [0, 0.1) is 23.7 Å². The fourth-order valence-corrected chi connectivity index (χ4v) is 9.48. The summed E-state index contributed by atoms with van der Waals surface area (Å²) in [7, 11) is -8.01. The van der Waals surface area contributed by atoms with Crippen molar-refractivity contribution in [3.63, 3.8) is 0 Å². The molecule has 0 aliphatic rings. The van der Waals surface area contributed by atoms with Crippen molar-refractivity contribution in [3.8, 4) is 69.7 Å². The van der Waals surface area contributed by atoms with Crippen LogP contribution < -0.4 is 18.9 Å². The monoisotopic (exact) mass is 946 g/mol. The minimum Gasteiger partial charge on any atom is -0.457 e. The molecule has 7 aromatic rings. The van der Waals surface area contributed by atoms with Crippen LogP contribution in [0.1, 0.15) is 64.5 Å². The van der Waals surface area contributed by atoms with Crippen LogP contribution in [-0.4, -0.2) is 38.3 Å². The van der Waals surface area contributed by atoms with Gasteiger partial charge in [0.1, 0.15) is 67.0 Å². The molecule has 2 N–H and O–H groups in total. The van der Waals surface area contributed by atoms with Crippen molar-refractivity contribution >= 4 is 19.7 Å². The molecule has 0 aliphatic heterocycles. The van der Waals surface area contributed by atoms with Gasteiger partial charge in [0.05, 0.1) is 9.79 Å². The Morgan fingerprint density at radius 1 is 0.397 bits per heavy atom. The van der Waals surface area contributed by atoms with E-state index in [2.05, 4.69) is 23.7 Å². The van der Waals surface area contributed by atoms with Gasteiger partial charge in [0, 0.05) is 11.1 Å². The van der Waals surface area contributed by atoms with Gasteiger partial charge < -0.3 is 29.2 Å². The molecule has 7 aromatic carbocycles. The van der Waals surface area contributed by atoms with Crippen molar-refractivity contribution in [2.24, 2.45) is 0 Å². The average molecular weight is 947 g/mol. The molecule has 0 aromatic heterocycles. The zero-order valence-corrected chi connectivity index (χ0v) is 39.6. The summed E-state index contributed by atoms with van der Waals surface area (Å²) in [5, 5.41) is 21.1. The summed E-state index contributed by atoms with van der Waals surface area (Å²) in [6, 6.07) is 45.5. The average Bonchev–Trinajstić information content (AvgIpc) is 3.36. The van der Waals surface area contributed by atoms with Gasteiger partial charge >= 0.3 is 0 Å². The van der Waals surface area contributed by atoms with Crippen molar-refractivity contribution in [2.75, 3.05) is 0 Å². The number of benzene rings is 7. The highest BCUT2D eigenvalue weighted by molar-refractivity contribution is 7.92. The number of sulfone groups is 2. The molecule has 0 radical (unpaired) electrons. The lowest BCUT2D eigenvalue weighted by Crippen LogP contribution is -2.23. The maximum Gasteiger partial charge on any atom is 0.210 e.